The van der Waals surface area contributed by atoms with Crippen LogP contribution in [0.1, 0.15) is 47.7 Å². The number of aromatic hydroxyl groups is 1. The van der Waals surface area contributed by atoms with E-state index in [0.29, 0.717) is 24.0 Å². The van der Waals surface area contributed by atoms with E-state index in [2.05, 4.69) is 39.5 Å². The predicted molar refractivity (Wildman–Crippen MR) is 134 cm³/mol. The molecule has 0 radical (unpaired) electrons. The summed E-state index contributed by atoms with van der Waals surface area (Å²) in [6.45, 7) is 5.91. The molecule has 1 aromatic heterocycles. The Balaban J connectivity index is 1.56. The molecule has 7 heteroatoms. The molecule has 1 saturated heterocycles. The van der Waals surface area contributed by atoms with Crippen LogP contribution in [0.3, 0.4) is 0 Å². The molecule has 0 bridgehead atoms. The van der Waals surface area contributed by atoms with E-state index in [-0.39, 0.29) is 22.3 Å². The van der Waals surface area contributed by atoms with Crippen LogP contribution >= 0.6 is 0 Å². The number of aryl methyl sites for hydroxylation is 2. The summed E-state index contributed by atoms with van der Waals surface area (Å²) in [4.78, 5) is 18.0. The summed E-state index contributed by atoms with van der Waals surface area (Å²) in [5.74, 6) is 0.451. The van der Waals surface area contributed by atoms with Gasteiger partial charge in [0.25, 0.3) is 0 Å². The molecule has 4 rings (SSSR count). The number of anilines is 1. The molecule has 2 heterocycles. The highest BCUT2D eigenvalue weighted by Gasteiger charge is 2.32. The van der Waals surface area contributed by atoms with E-state index in [0.717, 1.165) is 31.6 Å². The molecule has 2 atom stereocenters. The molecule has 1 aliphatic heterocycles. The fourth-order valence-electron chi connectivity index (χ4n) is 5.17. The number of nitro groups is 1. The summed E-state index contributed by atoms with van der Waals surface area (Å²) in [5.41, 5.74) is 4.21. The van der Waals surface area contributed by atoms with Gasteiger partial charge in [-0.15, -0.1) is 0 Å². The lowest BCUT2D eigenvalue weighted by atomic mass is 9.80. The first-order chi connectivity index (χ1) is 16.4. The highest BCUT2D eigenvalue weighted by atomic mass is 16.6. The fourth-order valence-corrected chi connectivity index (χ4v) is 5.17. The second-order valence-electron chi connectivity index (χ2n) is 9.01. The second-order valence-corrected chi connectivity index (χ2v) is 9.01. The van der Waals surface area contributed by atoms with Crippen LogP contribution in [0.15, 0.2) is 60.7 Å². The van der Waals surface area contributed by atoms with Crippen LogP contribution in [-0.2, 0) is 0 Å². The topological polar surface area (TPSA) is 91.5 Å². The van der Waals surface area contributed by atoms with Gasteiger partial charge in [-0.2, -0.15) is 0 Å². The summed E-state index contributed by atoms with van der Waals surface area (Å²) in [6.07, 6.45) is 3.39. The number of benzene rings is 2. The number of piperidine rings is 1. The molecule has 0 amide bonds. The minimum absolute atomic E-state index is 0.0482. The van der Waals surface area contributed by atoms with E-state index in [1.807, 2.05) is 25.1 Å². The number of pyridine rings is 1. The maximum atomic E-state index is 11.6. The summed E-state index contributed by atoms with van der Waals surface area (Å²) < 4.78 is 0. The zero-order valence-corrected chi connectivity index (χ0v) is 19.8. The number of phenols is 1. The second kappa shape index (κ2) is 10.7. The van der Waals surface area contributed by atoms with Crippen LogP contribution in [0.2, 0.25) is 0 Å². The lowest BCUT2D eigenvalue weighted by Gasteiger charge is -2.41. The summed E-state index contributed by atoms with van der Waals surface area (Å²) >= 11 is 0. The Morgan fingerprint density at radius 2 is 1.82 bits per heavy atom. The maximum absolute atomic E-state index is 11.6. The van der Waals surface area contributed by atoms with Gasteiger partial charge in [-0.1, -0.05) is 48.9 Å². The molecule has 0 spiro atoms. The zero-order valence-electron chi connectivity index (χ0n) is 19.8. The van der Waals surface area contributed by atoms with Gasteiger partial charge in [0.2, 0.25) is 0 Å². The van der Waals surface area contributed by atoms with Crippen molar-refractivity contribution in [2.45, 2.75) is 45.1 Å². The molecule has 3 aromatic rings. The molecule has 34 heavy (non-hydrogen) atoms. The zero-order chi connectivity index (χ0) is 24.1. The molecule has 7 nitrogen and oxygen atoms in total. The van der Waals surface area contributed by atoms with Crippen molar-refractivity contribution in [3.8, 4) is 5.75 Å². The van der Waals surface area contributed by atoms with Crippen LogP contribution in [0.4, 0.5) is 11.4 Å². The maximum Gasteiger partial charge on any atom is 0.313 e. The quantitative estimate of drug-likeness (QED) is 0.345. The van der Waals surface area contributed by atoms with Crippen LogP contribution in [0, 0.1) is 24.0 Å². The van der Waals surface area contributed by atoms with Crippen molar-refractivity contribution in [3.05, 3.63) is 93.3 Å². The normalized spacial score (nSPS) is 17.3. The third kappa shape index (κ3) is 5.37. The van der Waals surface area contributed by atoms with Crippen molar-refractivity contribution in [3.63, 3.8) is 0 Å². The fraction of sp³-hybridized carbons (Fsp3) is 0.370. The van der Waals surface area contributed by atoms with Gasteiger partial charge in [0.1, 0.15) is 17.1 Å². The third-order valence-corrected chi connectivity index (χ3v) is 6.65. The SMILES string of the molecule is Cc1cc(NCCN2CCCCC2C(c2ccccc2)c2ccc(O)cc2)c([N+](=O)[O-])c(C)n1. The third-order valence-electron chi connectivity index (χ3n) is 6.65. The molecule has 1 fully saturated rings. The van der Waals surface area contributed by atoms with E-state index >= 15 is 0 Å². The standard InChI is InChI=1S/C27H32N4O3/c1-19-18-24(27(31(33)34)20(2)29-19)28-15-17-30-16-7-6-10-25(30)26(21-8-4-3-5-9-21)22-11-13-23(32)14-12-22/h3-5,8-9,11-14,18,25-26,32H,6-7,10,15-17H2,1-2H3,(H,28,29). The van der Waals surface area contributed by atoms with Gasteiger partial charge in [-0.25, -0.2) is 0 Å². The molecule has 0 saturated carbocycles. The van der Waals surface area contributed by atoms with Crippen molar-refractivity contribution >= 4 is 11.4 Å². The molecular weight excluding hydrogens is 428 g/mol. The minimum Gasteiger partial charge on any atom is -0.508 e. The Morgan fingerprint density at radius 3 is 2.53 bits per heavy atom. The number of phenolic OH excluding ortho intramolecular Hbond substituents is 1. The Kier molecular flexibility index (Phi) is 7.43. The van der Waals surface area contributed by atoms with Crippen molar-refractivity contribution < 1.29 is 10.0 Å². The van der Waals surface area contributed by atoms with Crippen LogP contribution in [-0.4, -0.2) is 45.6 Å². The number of nitrogens with one attached hydrogen (secondary N) is 1. The summed E-state index contributed by atoms with van der Waals surface area (Å²) in [5, 5.41) is 24.7. The van der Waals surface area contributed by atoms with Crippen molar-refractivity contribution in [2.75, 3.05) is 25.0 Å². The smallest absolute Gasteiger partial charge is 0.313 e. The molecule has 1 aliphatic rings. The van der Waals surface area contributed by atoms with Crippen molar-refractivity contribution in [2.24, 2.45) is 0 Å². The minimum atomic E-state index is -0.357. The average Bonchev–Trinajstić information content (AvgIpc) is 2.81. The largest absolute Gasteiger partial charge is 0.508 e. The highest BCUT2D eigenvalue weighted by molar-refractivity contribution is 5.64. The van der Waals surface area contributed by atoms with Gasteiger partial charge < -0.3 is 10.4 Å². The van der Waals surface area contributed by atoms with Gasteiger partial charge in [-0.05, 0) is 62.6 Å². The summed E-state index contributed by atoms with van der Waals surface area (Å²) in [7, 11) is 0. The van der Waals surface area contributed by atoms with Gasteiger partial charge >= 0.3 is 5.69 Å². The molecule has 178 valence electrons. The lowest BCUT2D eigenvalue weighted by molar-refractivity contribution is -0.384. The van der Waals surface area contributed by atoms with E-state index < -0.39 is 0 Å². The predicted octanol–water partition coefficient (Wildman–Crippen LogP) is 5.41. The van der Waals surface area contributed by atoms with Gasteiger partial charge in [0, 0.05) is 30.7 Å². The van der Waals surface area contributed by atoms with Crippen molar-refractivity contribution in [1.82, 2.24) is 9.88 Å². The van der Waals surface area contributed by atoms with Crippen LogP contribution < -0.4 is 5.32 Å². The number of aromatic nitrogens is 1. The van der Waals surface area contributed by atoms with E-state index in [1.165, 1.54) is 17.5 Å². The Morgan fingerprint density at radius 1 is 1.12 bits per heavy atom. The van der Waals surface area contributed by atoms with E-state index in [1.54, 1.807) is 25.1 Å². The first-order valence-electron chi connectivity index (χ1n) is 11.9. The lowest BCUT2D eigenvalue weighted by Crippen LogP contribution is -2.45. The van der Waals surface area contributed by atoms with Gasteiger partial charge in [-0.3, -0.25) is 20.0 Å². The Hall–Kier alpha value is -3.45. The van der Waals surface area contributed by atoms with Crippen LogP contribution in [0.25, 0.3) is 0 Å². The Labute approximate surface area is 200 Å². The molecule has 0 aliphatic carbocycles. The molecule has 2 aromatic carbocycles. The van der Waals surface area contributed by atoms with Crippen LogP contribution in [0.5, 0.6) is 5.75 Å². The number of nitrogens with zero attached hydrogens (tertiary/aromatic N) is 3. The molecule has 2 unspecified atom stereocenters. The van der Waals surface area contributed by atoms with Crippen molar-refractivity contribution in [1.29, 1.82) is 0 Å². The monoisotopic (exact) mass is 460 g/mol. The van der Waals surface area contributed by atoms with E-state index in [4.69, 9.17) is 0 Å². The molecule has 2 N–H and O–H groups in total. The van der Waals surface area contributed by atoms with E-state index in [9.17, 15) is 15.2 Å². The average molecular weight is 461 g/mol. The Bertz CT molecular complexity index is 1120. The number of hydrogen-bond acceptors (Lipinski definition) is 6. The highest BCUT2D eigenvalue weighted by Crippen LogP contribution is 2.36. The van der Waals surface area contributed by atoms with Gasteiger partial charge in [0.15, 0.2) is 0 Å². The molecular formula is C27H32N4O3. The van der Waals surface area contributed by atoms with Gasteiger partial charge in [0.05, 0.1) is 4.92 Å². The number of likely N-dealkylation sites (tertiary alicyclic amines) is 1. The summed E-state index contributed by atoms with van der Waals surface area (Å²) in [6, 6.07) is 20.1. The first-order valence-corrected chi connectivity index (χ1v) is 11.9. The first kappa shape index (κ1) is 23.7. The number of rotatable bonds is 8. The number of hydrogen-bond donors (Lipinski definition) is 2.